The van der Waals surface area contributed by atoms with Gasteiger partial charge in [0.25, 0.3) is 0 Å². The monoisotopic (exact) mass is 290 g/mol. The molecule has 1 aromatic rings. The highest BCUT2D eigenvalue weighted by Crippen LogP contribution is 2.42. The van der Waals surface area contributed by atoms with Gasteiger partial charge in [0.1, 0.15) is 0 Å². The van der Waals surface area contributed by atoms with Gasteiger partial charge >= 0.3 is 0 Å². The van der Waals surface area contributed by atoms with Gasteiger partial charge in [-0.3, -0.25) is 0 Å². The van der Waals surface area contributed by atoms with E-state index < -0.39 is 0 Å². The topological polar surface area (TPSA) is 52.0 Å². The van der Waals surface area contributed by atoms with Crippen molar-refractivity contribution in [2.75, 3.05) is 6.61 Å². The van der Waals surface area contributed by atoms with Crippen LogP contribution in [0.2, 0.25) is 0 Å². The molecule has 4 rings (SSSR count). The van der Waals surface area contributed by atoms with E-state index in [1.54, 1.807) is 0 Å². The van der Waals surface area contributed by atoms with Gasteiger partial charge in [0, 0.05) is 19.2 Å². The minimum atomic E-state index is 0.138. The zero-order chi connectivity index (χ0) is 14.1. The van der Waals surface area contributed by atoms with Crippen LogP contribution in [0, 0.1) is 0 Å². The van der Waals surface area contributed by atoms with Gasteiger partial charge in [-0.15, -0.1) is 5.10 Å². The minimum Gasteiger partial charge on any atom is -0.375 e. The first-order valence-corrected chi connectivity index (χ1v) is 8.61. The Kier molecular flexibility index (Phi) is 3.71. The summed E-state index contributed by atoms with van der Waals surface area (Å²) in [5.41, 5.74) is 1.21. The lowest BCUT2D eigenvalue weighted by Gasteiger charge is -2.43. The molecule has 1 N–H and O–H groups in total. The average Bonchev–Trinajstić information content (AvgIpc) is 3.22. The molecule has 1 aromatic heterocycles. The number of hydrogen-bond acceptors (Lipinski definition) is 4. The van der Waals surface area contributed by atoms with Gasteiger partial charge in [-0.25, -0.2) is 4.68 Å². The van der Waals surface area contributed by atoms with Crippen LogP contribution in [0.15, 0.2) is 6.20 Å². The average molecular weight is 290 g/mol. The van der Waals surface area contributed by atoms with Crippen molar-refractivity contribution < 1.29 is 4.74 Å². The maximum absolute atomic E-state index is 6.18. The van der Waals surface area contributed by atoms with Gasteiger partial charge in [-0.05, 0) is 38.5 Å². The van der Waals surface area contributed by atoms with E-state index >= 15 is 0 Å². The lowest BCUT2D eigenvalue weighted by molar-refractivity contribution is -0.115. The zero-order valence-electron chi connectivity index (χ0n) is 12.8. The van der Waals surface area contributed by atoms with Crippen molar-refractivity contribution in [3.63, 3.8) is 0 Å². The van der Waals surface area contributed by atoms with Crippen molar-refractivity contribution in [1.29, 1.82) is 0 Å². The van der Waals surface area contributed by atoms with Crippen LogP contribution >= 0.6 is 0 Å². The Morgan fingerprint density at radius 1 is 1.24 bits per heavy atom. The second kappa shape index (κ2) is 5.69. The van der Waals surface area contributed by atoms with Gasteiger partial charge in [0.05, 0.1) is 23.5 Å². The Labute approximate surface area is 126 Å². The molecular formula is C16H26N4O. The number of aromatic nitrogens is 3. The van der Waals surface area contributed by atoms with Crippen LogP contribution in [-0.4, -0.2) is 33.2 Å². The summed E-state index contributed by atoms with van der Waals surface area (Å²) < 4.78 is 8.28. The van der Waals surface area contributed by atoms with Crippen LogP contribution in [-0.2, 0) is 11.3 Å². The number of nitrogens with zero attached hydrogens (tertiary/aromatic N) is 3. The Morgan fingerprint density at radius 3 is 2.90 bits per heavy atom. The van der Waals surface area contributed by atoms with E-state index in [1.165, 1.54) is 44.9 Å². The number of nitrogens with one attached hydrogen (secondary N) is 1. The van der Waals surface area contributed by atoms with Crippen LogP contribution in [0.3, 0.4) is 0 Å². The summed E-state index contributed by atoms with van der Waals surface area (Å²) in [4.78, 5) is 0. The van der Waals surface area contributed by atoms with E-state index in [9.17, 15) is 0 Å². The van der Waals surface area contributed by atoms with E-state index in [2.05, 4.69) is 26.5 Å². The predicted molar refractivity (Wildman–Crippen MR) is 79.9 cm³/mol. The molecule has 1 saturated heterocycles. The standard InChI is InChI=1S/C16H26N4O/c1-2-7-16(8-3-1)10-15(6-9-21-16)20-12-14(18-19-20)11-17-13-4-5-13/h12-13,15,17H,1-11H2. The molecule has 2 saturated carbocycles. The van der Waals surface area contributed by atoms with Gasteiger partial charge in [0.2, 0.25) is 0 Å². The molecule has 1 unspecified atom stereocenters. The molecule has 2 heterocycles. The fraction of sp³-hybridized carbons (Fsp3) is 0.875. The highest BCUT2D eigenvalue weighted by atomic mass is 16.5. The van der Waals surface area contributed by atoms with Crippen molar-refractivity contribution in [2.24, 2.45) is 0 Å². The summed E-state index contributed by atoms with van der Waals surface area (Å²) in [6.07, 6.45) is 13.4. The van der Waals surface area contributed by atoms with Gasteiger partial charge in [0.15, 0.2) is 0 Å². The summed E-state index contributed by atoms with van der Waals surface area (Å²) >= 11 is 0. The lowest BCUT2D eigenvalue weighted by atomic mass is 9.78. The highest BCUT2D eigenvalue weighted by Gasteiger charge is 2.39. The summed E-state index contributed by atoms with van der Waals surface area (Å²) in [6.45, 7) is 1.74. The van der Waals surface area contributed by atoms with E-state index in [1.807, 2.05) is 0 Å². The minimum absolute atomic E-state index is 0.138. The maximum atomic E-state index is 6.18. The van der Waals surface area contributed by atoms with Crippen LogP contribution in [0.5, 0.6) is 0 Å². The van der Waals surface area contributed by atoms with E-state index in [0.717, 1.165) is 37.7 Å². The lowest BCUT2D eigenvalue weighted by Crippen LogP contribution is -2.42. The molecule has 3 aliphatic rings. The van der Waals surface area contributed by atoms with Gasteiger partial charge < -0.3 is 10.1 Å². The Bertz CT molecular complexity index is 471. The van der Waals surface area contributed by atoms with Crippen molar-refractivity contribution in [1.82, 2.24) is 20.3 Å². The largest absolute Gasteiger partial charge is 0.375 e. The maximum Gasteiger partial charge on any atom is 0.0965 e. The second-order valence-electron chi connectivity index (χ2n) is 7.08. The van der Waals surface area contributed by atoms with Crippen LogP contribution in [0.25, 0.3) is 0 Å². The predicted octanol–water partition coefficient (Wildman–Crippen LogP) is 2.58. The molecule has 1 spiro atoms. The molecule has 2 aliphatic carbocycles. The first kappa shape index (κ1) is 13.7. The molecule has 0 aromatic carbocycles. The first-order chi connectivity index (χ1) is 10.3. The van der Waals surface area contributed by atoms with Gasteiger partial charge in [-0.2, -0.15) is 0 Å². The molecule has 5 nitrogen and oxygen atoms in total. The van der Waals surface area contributed by atoms with E-state index in [-0.39, 0.29) is 5.60 Å². The molecule has 5 heteroatoms. The Balaban J connectivity index is 1.40. The summed E-state index contributed by atoms with van der Waals surface area (Å²) in [5.74, 6) is 0. The number of rotatable bonds is 4. The fourth-order valence-electron chi connectivity index (χ4n) is 3.88. The van der Waals surface area contributed by atoms with E-state index in [4.69, 9.17) is 4.74 Å². The smallest absolute Gasteiger partial charge is 0.0965 e. The van der Waals surface area contributed by atoms with Crippen molar-refractivity contribution in [3.8, 4) is 0 Å². The molecule has 1 aliphatic heterocycles. The number of hydrogen-bond donors (Lipinski definition) is 1. The molecular weight excluding hydrogens is 264 g/mol. The molecule has 1 atom stereocenters. The quantitative estimate of drug-likeness (QED) is 0.926. The second-order valence-corrected chi connectivity index (χ2v) is 7.08. The first-order valence-electron chi connectivity index (χ1n) is 8.61. The highest BCUT2D eigenvalue weighted by molar-refractivity contribution is 4.97. The van der Waals surface area contributed by atoms with Crippen LogP contribution in [0.1, 0.15) is 69.5 Å². The van der Waals surface area contributed by atoms with Gasteiger partial charge in [-0.1, -0.05) is 24.5 Å². The van der Waals surface area contributed by atoms with E-state index in [0.29, 0.717) is 6.04 Å². The molecule has 116 valence electrons. The molecule has 0 amide bonds. The summed E-state index contributed by atoms with van der Waals surface area (Å²) in [6, 6.07) is 1.20. The van der Waals surface area contributed by atoms with Crippen molar-refractivity contribution in [2.45, 2.75) is 82.0 Å². The third-order valence-corrected chi connectivity index (χ3v) is 5.31. The number of ether oxygens (including phenoxy) is 1. The Hall–Kier alpha value is -0.940. The molecule has 3 fully saturated rings. The SMILES string of the molecule is c1c(CNC2CC2)nnn1C1CCOC2(CCCCC2)C1. The molecule has 21 heavy (non-hydrogen) atoms. The summed E-state index contributed by atoms with van der Waals surface area (Å²) in [7, 11) is 0. The van der Waals surface area contributed by atoms with Crippen molar-refractivity contribution in [3.05, 3.63) is 11.9 Å². The third-order valence-electron chi connectivity index (χ3n) is 5.31. The normalized spacial score (nSPS) is 28.9. The Morgan fingerprint density at radius 2 is 2.10 bits per heavy atom. The molecule has 0 bridgehead atoms. The fourth-order valence-corrected chi connectivity index (χ4v) is 3.88. The molecule has 0 radical (unpaired) electrons. The van der Waals surface area contributed by atoms with Crippen LogP contribution < -0.4 is 5.32 Å². The van der Waals surface area contributed by atoms with Crippen molar-refractivity contribution >= 4 is 0 Å². The van der Waals surface area contributed by atoms with Crippen LogP contribution in [0.4, 0.5) is 0 Å². The summed E-state index contributed by atoms with van der Waals surface area (Å²) in [5, 5.41) is 12.2. The zero-order valence-corrected chi connectivity index (χ0v) is 12.8. The third kappa shape index (κ3) is 3.14.